The number of carbonyl (C=O) groups excluding carboxylic acids is 2. The van der Waals surface area contributed by atoms with Crippen LogP contribution in [-0.4, -0.2) is 11.8 Å². The van der Waals surface area contributed by atoms with Gasteiger partial charge in [-0.15, -0.1) is 0 Å². The summed E-state index contributed by atoms with van der Waals surface area (Å²) in [5.74, 6) is 0.412. The molecule has 2 aromatic heterocycles. The molecule has 0 aliphatic carbocycles. The third kappa shape index (κ3) is 3.68. The summed E-state index contributed by atoms with van der Waals surface area (Å²) in [6, 6.07) is 7.90. The van der Waals surface area contributed by atoms with E-state index in [-0.39, 0.29) is 11.7 Å². The summed E-state index contributed by atoms with van der Waals surface area (Å²) < 4.78 is 11.1. The minimum absolute atomic E-state index is 0.145. The molecule has 3 aromatic rings. The zero-order valence-electron chi connectivity index (χ0n) is 13.9. The maximum Gasteiger partial charge on any atom is 0.291 e. The third-order valence-corrected chi connectivity index (χ3v) is 4.83. The zero-order valence-corrected chi connectivity index (χ0v) is 16.2. The van der Waals surface area contributed by atoms with E-state index in [9.17, 15) is 9.59 Å². The molecule has 0 aliphatic heterocycles. The zero-order chi connectivity index (χ0) is 18.8. The van der Waals surface area contributed by atoms with E-state index in [0.717, 1.165) is 0 Å². The van der Waals surface area contributed by atoms with Gasteiger partial charge in [-0.05, 0) is 60.1 Å². The average Bonchev–Trinajstić information content (AvgIpc) is 3.19. The molecule has 1 aromatic carbocycles. The van der Waals surface area contributed by atoms with Crippen molar-refractivity contribution in [3.05, 3.63) is 68.9 Å². The largest absolute Gasteiger partial charge is 0.465 e. The van der Waals surface area contributed by atoms with Crippen LogP contribution in [0.3, 0.4) is 0 Å². The van der Waals surface area contributed by atoms with Crippen molar-refractivity contribution in [1.82, 2.24) is 0 Å². The van der Waals surface area contributed by atoms with Crippen molar-refractivity contribution >= 4 is 50.7 Å². The molecular weight excluding hydrogens is 424 g/mol. The Labute approximate surface area is 162 Å². The van der Waals surface area contributed by atoms with Crippen molar-refractivity contribution in [2.24, 2.45) is 0 Å². The number of nitrogens with one attached hydrogen (secondary N) is 2. The smallest absolute Gasteiger partial charge is 0.291 e. The molecule has 0 aliphatic rings. The summed E-state index contributed by atoms with van der Waals surface area (Å²) in [5.41, 5.74) is 1.13. The van der Waals surface area contributed by atoms with Gasteiger partial charge >= 0.3 is 0 Å². The molecule has 0 bridgehead atoms. The van der Waals surface area contributed by atoms with Gasteiger partial charge in [-0.1, -0.05) is 11.6 Å². The van der Waals surface area contributed by atoms with Gasteiger partial charge in [-0.25, -0.2) is 0 Å². The molecule has 2 heterocycles. The lowest BCUT2D eigenvalue weighted by atomic mass is 10.2. The van der Waals surface area contributed by atoms with E-state index in [2.05, 4.69) is 26.6 Å². The molecule has 0 fully saturated rings. The van der Waals surface area contributed by atoms with Crippen molar-refractivity contribution in [3.8, 4) is 0 Å². The molecule has 8 heteroatoms. The first-order valence-electron chi connectivity index (χ1n) is 7.58. The molecule has 0 unspecified atom stereocenters. The second-order valence-corrected chi connectivity index (χ2v) is 6.71. The number of amides is 2. The molecule has 0 spiro atoms. The normalized spacial score (nSPS) is 10.6. The molecular formula is C18H14BrClN2O4. The highest BCUT2D eigenvalue weighted by Gasteiger charge is 2.21. The maximum absolute atomic E-state index is 12.7. The minimum atomic E-state index is -0.454. The van der Waals surface area contributed by atoms with E-state index < -0.39 is 5.91 Å². The molecule has 0 saturated heterocycles. The van der Waals surface area contributed by atoms with Crippen LogP contribution in [0.2, 0.25) is 5.02 Å². The fourth-order valence-corrected chi connectivity index (χ4v) is 3.13. The molecule has 2 N–H and O–H groups in total. The molecule has 2 amide bonds. The highest BCUT2D eigenvalue weighted by Crippen LogP contribution is 2.31. The summed E-state index contributed by atoms with van der Waals surface area (Å²) in [4.78, 5) is 24.9. The lowest BCUT2D eigenvalue weighted by Gasteiger charge is -2.12. The van der Waals surface area contributed by atoms with Crippen LogP contribution in [-0.2, 0) is 0 Å². The van der Waals surface area contributed by atoms with Crippen LogP contribution in [0.4, 0.5) is 11.4 Å². The van der Waals surface area contributed by atoms with Crippen LogP contribution in [0.5, 0.6) is 0 Å². The molecule has 26 heavy (non-hydrogen) atoms. The molecule has 134 valence electrons. The van der Waals surface area contributed by atoms with Crippen LogP contribution >= 0.6 is 27.5 Å². The summed E-state index contributed by atoms with van der Waals surface area (Å²) in [6.07, 6.45) is 1.40. The Morgan fingerprint density at radius 1 is 1.04 bits per heavy atom. The van der Waals surface area contributed by atoms with Gasteiger partial charge < -0.3 is 19.5 Å². The average molecular weight is 438 g/mol. The summed E-state index contributed by atoms with van der Waals surface area (Å²) in [6.45, 7) is 3.46. The van der Waals surface area contributed by atoms with Gasteiger partial charge in [-0.2, -0.15) is 0 Å². The highest BCUT2D eigenvalue weighted by molar-refractivity contribution is 9.10. The molecule has 0 saturated carbocycles. The molecule has 6 nitrogen and oxygen atoms in total. The summed E-state index contributed by atoms with van der Waals surface area (Å²) in [5, 5.41) is 5.86. The van der Waals surface area contributed by atoms with Gasteiger partial charge in [0.05, 0.1) is 27.7 Å². The van der Waals surface area contributed by atoms with E-state index in [0.29, 0.717) is 38.0 Å². The van der Waals surface area contributed by atoms with Crippen LogP contribution < -0.4 is 10.6 Å². The minimum Gasteiger partial charge on any atom is -0.465 e. The second-order valence-electron chi connectivity index (χ2n) is 5.48. The summed E-state index contributed by atoms with van der Waals surface area (Å²) in [7, 11) is 0. The number of carbonyl (C=O) groups is 2. The monoisotopic (exact) mass is 436 g/mol. The van der Waals surface area contributed by atoms with Crippen molar-refractivity contribution in [3.63, 3.8) is 0 Å². The molecule has 0 radical (unpaired) electrons. The first-order valence-corrected chi connectivity index (χ1v) is 8.75. The molecule has 0 atom stereocenters. The fraction of sp³-hybridized carbons (Fsp3) is 0.111. The standard InChI is InChI=1S/C18H14BrClN2O4/c1-9-15(16(19)10(2)26-9)18(24)21-12-6-5-11(20)8-13(12)22-17(23)14-4-3-7-25-14/h3-8H,1-2H3,(H,21,24)(H,22,23). The van der Waals surface area contributed by atoms with Gasteiger partial charge in [0.25, 0.3) is 11.8 Å². The Kier molecular flexibility index (Phi) is 5.20. The maximum atomic E-state index is 12.7. The summed E-state index contributed by atoms with van der Waals surface area (Å²) >= 11 is 9.38. The van der Waals surface area contributed by atoms with Gasteiger partial charge in [0.1, 0.15) is 11.5 Å². The van der Waals surface area contributed by atoms with Crippen molar-refractivity contribution in [1.29, 1.82) is 0 Å². The highest BCUT2D eigenvalue weighted by atomic mass is 79.9. The second kappa shape index (κ2) is 7.39. The van der Waals surface area contributed by atoms with E-state index in [1.807, 2.05) is 0 Å². The fourth-order valence-electron chi connectivity index (χ4n) is 2.42. The van der Waals surface area contributed by atoms with Crippen LogP contribution in [0, 0.1) is 13.8 Å². The van der Waals surface area contributed by atoms with Crippen molar-refractivity contribution in [2.75, 3.05) is 10.6 Å². The van der Waals surface area contributed by atoms with E-state index in [1.165, 1.54) is 12.3 Å². The quantitative estimate of drug-likeness (QED) is 0.571. The number of anilines is 2. The first kappa shape index (κ1) is 18.3. The number of aryl methyl sites for hydroxylation is 2. The predicted octanol–water partition coefficient (Wildman–Crippen LogP) is 5.41. The number of hydrogen-bond donors (Lipinski definition) is 2. The number of hydrogen-bond acceptors (Lipinski definition) is 4. The predicted molar refractivity (Wildman–Crippen MR) is 102 cm³/mol. The van der Waals surface area contributed by atoms with Gasteiger partial charge in [0.15, 0.2) is 5.76 Å². The van der Waals surface area contributed by atoms with Crippen LogP contribution in [0.1, 0.15) is 32.4 Å². The van der Waals surface area contributed by atoms with E-state index in [4.69, 9.17) is 20.4 Å². The Morgan fingerprint density at radius 3 is 2.38 bits per heavy atom. The van der Waals surface area contributed by atoms with Crippen molar-refractivity contribution in [2.45, 2.75) is 13.8 Å². The van der Waals surface area contributed by atoms with Crippen LogP contribution in [0.15, 0.2) is 49.9 Å². The lowest BCUT2D eigenvalue weighted by molar-refractivity contribution is 0.0993. The SMILES string of the molecule is Cc1oc(C)c(C(=O)Nc2ccc(Cl)cc2NC(=O)c2ccco2)c1Br. The number of halogens is 2. The van der Waals surface area contributed by atoms with Crippen molar-refractivity contribution < 1.29 is 18.4 Å². The van der Waals surface area contributed by atoms with Gasteiger partial charge in [0.2, 0.25) is 0 Å². The Balaban J connectivity index is 1.88. The Bertz CT molecular complexity index is 979. The van der Waals surface area contributed by atoms with Crippen LogP contribution in [0.25, 0.3) is 0 Å². The first-order chi connectivity index (χ1) is 12.4. The number of benzene rings is 1. The Morgan fingerprint density at radius 2 is 1.77 bits per heavy atom. The third-order valence-electron chi connectivity index (χ3n) is 3.64. The van der Waals surface area contributed by atoms with Gasteiger partial charge in [0, 0.05) is 5.02 Å². The number of rotatable bonds is 4. The topological polar surface area (TPSA) is 84.5 Å². The van der Waals surface area contributed by atoms with E-state index >= 15 is 0 Å². The lowest BCUT2D eigenvalue weighted by Crippen LogP contribution is -2.17. The molecule has 3 rings (SSSR count). The Hall–Kier alpha value is -2.51. The van der Waals surface area contributed by atoms with E-state index in [1.54, 1.807) is 38.1 Å². The van der Waals surface area contributed by atoms with Gasteiger partial charge in [-0.3, -0.25) is 9.59 Å². The number of furan rings is 2.